The Hall–Kier alpha value is -1.33. The monoisotopic (exact) mass is 305 g/mol. The van der Waals surface area contributed by atoms with Crippen molar-refractivity contribution in [3.8, 4) is 0 Å². The molecule has 2 fully saturated rings. The lowest BCUT2D eigenvalue weighted by atomic mass is 9.98. The molecule has 1 amide bonds. The Morgan fingerprint density at radius 1 is 1.23 bits per heavy atom. The first-order valence-electron chi connectivity index (χ1n) is 8.53. The summed E-state index contributed by atoms with van der Waals surface area (Å²) in [6.45, 7) is 6.58. The van der Waals surface area contributed by atoms with Crippen LogP contribution >= 0.6 is 0 Å². The van der Waals surface area contributed by atoms with Crippen molar-refractivity contribution in [2.75, 3.05) is 39.3 Å². The molecule has 1 atom stereocenters. The number of hydrogen-bond acceptors (Lipinski definition) is 4. The summed E-state index contributed by atoms with van der Waals surface area (Å²) in [6, 6.07) is 3.97. The summed E-state index contributed by atoms with van der Waals surface area (Å²) >= 11 is 0. The van der Waals surface area contributed by atoms with Crippen LogP contribution in [-0.4, -0.2) is 55.0 Å². The molecule has 3 heterocycles. The predicted octanol–water partition coefficient (Wildman–Crippen LogP) is 1.70. The Morgan fingerprint density at radius 3 is 2.82 bits per heavy atom. The van der Waals surface area contributed by atoms with Crippen LogP contribution in [0.15, 0.2) is 22.8 Å². The van der Waals surface area contributed by atoms with Gasteiger partial charge in [0.25, 0.3) is 0 Å². The zero-order valence-corrected chi connectivity index (χ0v) is 13.3. The number of rotatable bonds is 6. The average molecular weight is 305 g/mol. The van der Waals surface area contributed by atoms with E-state index in [-0.39, 0.29) is 5.91 Å². The maximum absolute atomic E-state index is 12.0. The molecule has 0 bridgehead atoms. The molecule has 0 aromatic carbocycles. The zero-order valence-electron chi connectivity index (χ0n) is 13.3. The minimum atomic E-state index is 0.185. The Kier molecular flexibility index (Phi) is 5.51. The number of likely N-dealkylation sites (tertiary alicyclic amines) is 2. The molecule has 5 nitrogen and oxygen atoms in total. The normalized spacial score (nSPS) is 23.7. The molecule has 22 heavy (non-hydrogen) atoms. The van der Waals surface area contributed by atoms with Crippen LogP contribution in [0.1, 0.15) is 31.4 Å². The molecule has 0 radical (unpaired) electrons. The third-order valence-electron chi connectivity index (χ3n) is 4.72. The molecule has 0 spiro atoms. The largest absolute Gasteiger partial charge is 0.468 e. The van der Waals surface area contributed by atoms with E-state index < -0.39 is 0 Å². The van der Waals surface area contributed by atoms with Crippen molar-refractivity contribution in [2.24, 2.45) is 5.92 Å². The van der Waals surface area contributed by atoms with Gasteiger partial charge in [0, 0.05) is 13.1 Å². The van der Waals surface area contributed by atoms with Gasteiger partial charge in [-0.05, 0) is 63.4 Å². The van der Waals surface area contributed by atoms with E-state index in [4.69, 9.17) is 4.42 Å². The number of hydrogen-bond donors (Lipinski definition) is 1. The lowest BCUT2D eigenvalue weighted by molar-refractivity contribution is -0.122. The van der Waals surface area contributed by atoms with Crippen molar-refractivity contribution in [2.45, 2.75) is 32.2 Å². The molecule has 0 unspecified atom stereocenters. The molecule has 2 saturated heterocycles. The van der Waals surface area contributed by atoms with Gasteiger partial charge in [-0.15, -0.1) is 0 Å². The zero-order chi connectivity index (χ0) is 15.2. The highest BCUT2D eigenvalue weighted by Gasteiger charge is 2.22. The van der Waals surface area contributed by atoms with Crippen molar-refractivity contribution in [3.05, 3.63) is 24.2 Å². The van der Waals surface area contributed by atoms with E-state index in [1.807, 2.05) is 12.1 Å². The Bertz CT molecular complexity index is 454. The van der Waals surface area contributed by atoms with Gasteiger partial charge in [-0.1, -0.05) is 0 Å². The maximum atomic E-state index is 12.0. The highest BCUT2D eigenvalue weighted by Crippen LogP contribution is 2.18. The van der Waals surface area contributed by atoms with Crippen molar-refractivity contribution >= 4 is 5.91 Å². The van der Waals surface area contributed by atoms with Crippen LogP contribution in [0.25, 0.3) is 0 Å². The summed E-state index contributed by atoms with van der Waals surface area (Å²) in [5.41, 5.74) is 0. The van der Waals surface area contributed by atoms with Crippen LogP contribution < -0.4 is 5.32 Å². The van der Waals surface area contributed by atoms with Gasteiger partial charge < -0.3 is 9.73 Å². The second-order valence-corrected chi connectivity index (χ2v) is 6.61. The fraction of sp³-hybridized carbons (Fsp3) is 0.706. The van der Waals surface area contributed by atoms with Crippen LogP contribution in [0.2, 0.25) is 0 Å². The number of carbonyl (C=O) groups excluding carboxylic acids is 1. The highest BCUT2D eigenvalue weighted by atomic mass is 16.3. The van der Waals surface area contributed by atoms with Crippen LogP contribution in [0, 0.1) is 5.92 Å². The molecule has 2 aliphatic rings. The minimum absolute atomic E-state index is 0.185. The van der Waals surface area contributed by atoms with E-state index in [0.717, 1.165) is 45.0 Å². The third kappa shape index (κ3) is 4.58. The molecule has 2 aliphatic heterocycles. The van der Waals surface area contributed by atoms with E-state index in [9.17, 15) is 4.79 Å². The first-order valence-corrected chi connectivity index (χ1v) is 8.53. The number of amides is 1. The molecule has 1 aromatic rings. The standard InChI is InChI=1S/C17H27N3O2/c21-17(14-19-7-1-2-8-19)18-11-15-5-3-9-20(12-15)13-16-6-4-10-22-16/h4,6,10,15H,1-3,5,7-9,11-14H2,(H,18,21)/t15-/m0/s1. The van der Waals surface area contributed by atoms with Crippen LogP contribution in [0.5, 0.6) is 0 Å². The quantitative estimate of drug-likeness (QED) is 0.869. The average Bonchev–Trinajstić information content (AvgIpc) is 3.19. The van der Waals surface area contributed by atoms with Crippen molar-refractivity contribution in [1.82, 2.24) is 15.1 Å². The topological polar surface area (TPSA) is 48.7 Å². The predicted molar refractivity (Wildman–Crippen MR) is 85.4 cm³/mol. The number of carbonyl (C=O) groups is 1. The van der Waals surface area contributed by atoms with Gasteiger partial charge in [-0.3, -0.25) is 14.6 Å². The van der Waals surface area contributed by atoms with E-state index in [1.54, 1.807) is 6.26 Å². The fourth-order valence-corrected chi connectivity index (χ4v) is 3.54. The molecule has 0 saturated carbocycles. The van der Waals surface area contributed by atoms with Crippen molar-refractivity contribution in [3.63, 3.8) is 0 Å². The van der Waals surface area contributed by atoms with Gasteiger partial charge in [0.1, 0.15) is 5.76 Å². The molecule has 122 valence electrons. The highest BCUT2D eigenvalue weighted by molar-refractivity contribution is 5.78. The SMILES string of the molecule is O=C(CN1CCCC1)NC[C@@H]1CCCN(Cc2ccco2)C1. The first-order chi connectivity index (χ1) is 10.8. The summed E-state index contributed by atoms with van der Waals surface area (Å²) in [4.78, 5) is 16.7. The molecule has 3 rings (SSSR count). The van der Waals surface area contributed by atoms with E-state index in [2.05, 4.69) is 15.1 Å². The number of piperidine rings is 1. The van der Waals surface area contributed by atoms with Gasteiger partial charge in [0.2, 0.25) is 5.91 Å². The van der Waals surface area contributed by atoms with E-state index >= 15 is 0 Å². The Balaban J connectivity index is 1.37. The molecule has 5 heteroatoms. The van der Waals surface area contributed by atoms with Crippen LogP contribution in [0.3, 0.4) is 0 Å². The molecule has 1 aromatic heterocycles. The van der Waals surface area contributed by atoms with Crippen LogP contribution in [-0.2, 0) is 11.3 Å². The fourth-order valence-electron chi connectivity index (χ4n) is 3.54. The Labute approximate surface area is 132 Å². The van der Waals surface area contributed by atoms with Crippen molar-refractivity contribution < 1.29 is 9.21 Å². The summed E-state index contributed by atoms with van der Waals surface area (Å²) in [5, 5.41) is 3.13. The Morgan fingerprint density at radius 2 is 2.05 bits per heavy atom. The van der Waals surface area contributed by atoms with Gasteiger partial charge in [0.05, 0.1) is 19.4 Å². The maximum Gasteiger partial charge on any atom is 0.234 e. The second kappa shape index (κ2) is 7.79. The first kappa shape index (κ1) is 15.6. The molecule has 0 aliphatic carbocycles. The van der Waals surface area contributed by atoms with Crippen molar-refractivity contribution in [1.29, 1.82) is 0 Å². The number of nitrogens with one attached hydrogen (secondary N) is 1. The van der Waals surface area contributed by atoms with Gasteiger partial charge in [0.15, 0.2) is 0 Å². The van der Waals surface area contributed by atoms with Gasteiger partial charge >= 0.3 is 0 Å². The van der Waals surface area contributed by atoms with E-state index in [1.165, 1.54) is 25.7 Å². The molecular formula is C17H27N3O2. The lowest BCUT2D eigenvalue weighted by Crippen LogP contribution is -2.42. The second-order valence-electron chi connectivity index (χ2n) is 6.61. The minimum Gasteiger partial charge on any atom is -0.468 e. The van der Waals surface area contributed by atoms with Gasteiger partial charge in [-0.2, -0.15) is 0 Å². The molecular weight excluding hydrogens is 278 g/mol. The third-order valence-corrected chi connectivity index (χ3v) is 4.72. The van der Waals surface area contributed by atoms with Gasteiger partial charge in [-0.25, -0.2) is 0 Å². The summed E-state index contributed by atoms with van der Waals surface area (Å²) in [6.07, 6.45) is 6.61. The van der Waals surface area contributed by atoms with Crippen LogP contribution in [0.4, 0.5) is 0 Å². The molecule has 1 N–H and O–H groups in total. The number of furan rings is 1. The summed E-state index contributed by atoms with van der Waals surface area (Å²) in [5.74, 6) is 1.77. The lowest BCUT2D eigenvalue weighted by Gasteiger charge is -2.32. The smallest absolute Gasteiger partial charge is 0.234 e. The summed E-state index contributed by atoms with van der Waals surface area (Å²) < 4.78 is 5.43. The van der Waals surface area contributed by atoms with E-state index in [0.29, 0.717) is 12.5 Å². The summed E-state index contributed by atoms with van der Waals surface area (Å²) in [7, 11) is 0. The number of nitrogens with zero attached hydrogens (tertiary/aromatic N) is 2.